The summed E-state index contributed by atoms with van der Waals surface area (Å²) < 4.78 is 28.0. The maximum Gasteiger partial charge on any atom is 1.00 e. The van der Waals surface area contributed by atoms with Crippen molar-refractivity contribution >= 4 is 15.6 Å². The van der Waals surface area contributed by atoms with Gasteiger partial charge in [0.25, 0.3) is 15.6 Å². The van der Waals surface area contributed by atoms with Gasteiger partial charge in [0.05, 0.1) is 13.2 Å². The maximum absolute atomic E-state index is 10.7. The van der Waals surface area contributed by atoms with Gasteiger partial charge in [-0.15, -0.1) is 0 Å². The van der Waals surface area contributed by atoms with Gasteiger partial charge in [-0.3, -0.25) is 9.13 Å². The number of hydrogen-bond acceptors (Lipinski definition) is 7. The van der Waals surface area contributed by atoms with E-state index in [1.165, 1.54) is 13.0 Å². The van der Waals surface area contributed by atoms with Crippen molar-refractivity contribution < 1.29 is 96.9 Å². The quantitative estimate of drug-likeness (QED) is 0.280. The Hall–Kier alpha value is 1.96. The Labute approximate surface area is 143 Å². The summed E-state index contributed by atoms with van der Waals surface area (Å²) in [6.45, 7) is 0.727. The average Bonchev–Trinajstić information content (AvgIpc) is 1.98. The molecule has 2 N–H and O–H groups in total. The first-order valence-electron chi connectivity index (χ1n) is 3.63. The number of aliphatic hydroxyl groups is 1. The number of aliphatic hydroxyl groups excluding tert-OH is 1. The second kappa shape index (κ2) is 10.7. The molecule has 8 nitrogen and oxygen atoms in total. The first-order valence-corrected chi connectivity index (χ1v) is 6.59. The minimum absolute atomic E-state index is 0. The molecule has 0 saturated carbocycles. The minimum atomic E-state index is -5.38. The van der Waals surface area contributed by atoms with Crippen molar-refractivity contribution in [2.75, 3.05) is 13.2 Å². The van der Waals surface area contributed by atoms with Gasteiger partial charge in [-0.1, -0.05) is 6.08 Å². The molecule has 0 aliphatic heterocycles. The molecule has 0 bridgehead atoms. The molecule has 0 heterocycles. The monoisotopic (exact) mass is 306 g/mol. The molecule has 17 heavy (non-hydrogen) atoms. The van der Waals surface area contributed by atoms with Crippen LogP contribution in [0.5, 0.6) is 0 Å². The van der Waals surface area contributed by atoms with Crippen LogP contribution < -0.4 is 68.9 Å². The molecule has 0 fully saturated rings. The molecule has 0 aromatic carbocycles. The Morgan fingerprint density at radius 3 is 2.18 bits per heavy atom. The maximum atomic E-state index is 10.7. The molecule has 0 spiro atoms. The van der Waals surface area contributed by atoms with E-state index in [0.717, 1.165) is 0 Å². The predicted octanol–water partition coefficient (Wildman–Crippen LogP) is -7.10. The van der Waals surface area contributed by atoms with Crippen molar-refractivity contribution in [2.45, 2.75) is 6.92 Å². The molecule has 0 radical (unpaired) electrons. The largest absolute Gasteiger partial charge is 1.00 e. The summed E-state index contributed by atoms with van der Waals surface area (Å²) in [6, 6.07) is 0. The summed E-state index contributed by atoms with van der Waals surface area (Å²) in [6.07, 6.45) is 1.21. The fourth-order valence-electron chi connectivity index (χ4n) is 0.485. The summed E-state index contributed by atoms with van der Waals surface area (Å²) >= 11 is 0. The van der Waals surface area contributed by atoms with Crippen LogP contribution in [-0.2, 0) is 18.0 Å². The van der Waals surface area contributed by atoms with Gasteiger partial charge in [0.15, 0.2) is 0 Å². The van der Waals surface area contributed by atoms with Crippen molar-refractivity contribution in [1.82, 2.24) is 0 Å². The van der Waals surface area contributed by atoms with Crippen LogP contribution in [0.25, 0.3) is 0 Å². The van der Waals surface area contributed by atoms with Crippen LogP contribution in [0.1, 0.15) is 6.92 Å². The normalized spacial score (nSPS) is 18.3. The molecule has 0 amide bonds. The Morgan fingerprint density at radius 1 is 1.35 bits per heavy atom. The van der Waals surface area contributed by atoms with Gasteiger partial charge < -0.3 is 24.3 Å². The molecule has 0 aromatic heterocycles. The smallest absolute Gasteiger partial charge is 0.756 e. The zero-order valence-electron chi connectivity index (χ0n) is 9.73. The van der Waals surface area contributed by atoms with E-state index in [4.69, 9.17) is 10.00 Å². The van der Waals surface area contributed by atoms with Crippen LogP contribution in [0.2, 0.25) is 0 Å². The molecule has 0 saturated heterocycles. The van der Waals surface area contributed by atoms with Crippen molar-refractivity contribution in [3.8, 4) is 0 Å². The van der Waals surface area contributed by atoms with E-state index in [2.05, 4.69) is 8.83 Å². The van der Waals surface area contributed by atoms with E-state index in [9.17, 15) is 18.9 Å². The van der Waals surface area contributed by atoms with Crippen LogP contribution in [0.3, 0.4) is 0 Å². The van der Waals surface area contributed by atoms with Crippen LogP contribution in [0.4, 0.5) is 0 Å². The van der Waals surface area contributed by atoms with Gasteiger partial charge in [0.1, 0.15) is 0 Å². The van der Waals surface area contributed by atoms with Gasteiger partial charge in [0.2, 0.25) is 0 Å². The van der Waals surface area contributed by atoms with Gasteiger partial charge in [-0.25, -0.2) is 4.31 Å². The minimum Gasteiger partial charge on any atom is -0.756 e. The fourth-order valence-corrected chi connectivity index (χ4v) is 1.94. The summed E-state index contributed by atoms with van der Waals surface area (Å²) in [4.78, 5) is 28.8. The third-order valence-electron chi connectivity index (χ3n) is 1.12. The van der Waals surface area contributed by atoms with E-state index in [1.54, 1.807) is 0 Å². The summed E-state index contributed by atoms with van der Waals surface area (Å²) in [5, 5.41) is 8.51. The van der Waals surface area contributed by atoms with E-state index < -0.39 is 22.3 Å². The van der Waals surface area contributed by atoms with Crippen LogP contribution in [-0.4, -0.2) is 23.2 Å². The second-order valence-corrected chi connectivity index (χ2v) is 5.24. The Kier molecular flexibility index (Phi) is 15.1. The fraction of sp³-hybridized carbons (Fsp3) is 0.600. The summed E-state index contributed by atoms with van der Waals surface area (Å²) in [5.41, 5.74) is 0.435. The predicted molar refractivity (Wildman–Crippen MR) is 45.3 cm³/mol. The Bertz CT molecular complexity index is 326. The van der Waals surface area contributed by atoms with Gasteiger partial charge in [-0.05, 0) is 12.5 Å². The molecule has 0 aliphatic rings. The molecular weight excluding hydrogens is 296 g/mol. The van der Waals surface area contributed by atoms with E-state index in [1.807, 2.05) is 0 Å². The van der Waals surface area contributed by atoms with Gasteiger partial charge >= 0.3 is 59.1 Å². The zero-order chi connectivity index (χ0) is 12.1. The molecule has 0 aromatic rings. The number of phosphoric acid groups is 2. The number of phosphoric ester groups is 1. The van der Waals surface area contributed by atoms with E-state index in [-0.39, 0.29) is 65.7 Å². The third-order valence-corrected chi connectivity index (χ3v) is 3.21. The van der Waals surface area contributed by atoms with E-state index >= 15 is 0 Å². The van der Waals surface area contributed by atoms with Crippen molar-refractivity contribution in [3.05, 3.63) is 11.6 Å². The summed E-state index contributed by atoms with van der Waals surface area (Å²) in [7, 11) is -10.5. The summed E-state index contributed by atoms with van der Waals surface area (Å²) in [5.74, 6) is 0. The Morgan fingerprint density at radius 2 is 1.82 bits per heavy atom. The van der Waals surface area contributed by atoms with Crippen molar-refractivity contribution in [2.24, 2.45) is 0 Å². The number of hydrogen-bond donors (Lipinski definition) is 2. The molecular formula is C5H10Na2O8P2. The van der Waals surface area contributed by atoms with Crippen molar-refractivity contribution in [1.29, 1.82) is 0 Å². The zero-order valence-corrected chi connectivity index (χ0v) is 15.5. The topological polar surface area (TPSA) is 139 Å². The first kappa shape index (κ1) is 24.0. The van der Waals surface area contributed by atoms with Crippen LogP contribution >= 0.6 is 15.6 Å². The molecule has 2 atom stereocenters. The van der Waals surface area contributed by atoms with E-state index in [0.29, 0.717) is 5.57 Å². The standard InChI is InChI=1S/C5H12O8P2.2Na/c1-5(4-6)2-3-12-15(10,11)13-14(7,8)9;;/h2,6H,3-4H2,1H3,(H,10,11)(H2,7,8,9);;/q;2*+1/p-2/b5-2+;;. The SMILES string of the molecule is C/C(=C\COP(=O)([O-])OP(=O)([O-])O)CO.[Na+].[Na+]. The average molecular weight is 306 g/mol. The van der Waals surface area contributed by atoms with Crippen LogP contribution in [0.15, 0.2) is 11.6 Å². The second-order valence-electron chi connectivity index (χ2n) is 2.50. The Balaban J connectivity index is -0.000000980. The van der Waals surface area contributed by atoms with Gasteiger partial charge in [-0.2, -0.15) is 0 Å². The van der Waals surface area contributed by atoms with Crippen molar-refractivity contribution in [3.63, 3.8) is 0 Å². The van der Waals surface area contributed by atoms with Crippen LogP contribution in [0, 0.1) is 0 Å². The molecule has 90 valence electrons. The molecule has 12 heteroatoms. The molecule has 2 unspecified atom stereocenters. The molecule has 0 aliphatic carbocycles. The molecule has 0 rings (SSSR count). The first-order chi connectivity index (χ1) is 6.66. The third kappa shape index (κ3) is 15.9. The number of rotatable bonds is 6. The van der Waals surface area contributed by atoms with Gasteiger partial charge in [0, 0.05) is 0 Å².